The highest BCUT2D eigenvalue weighted by Gasteiger charge is 2.42. The number of ketones is 2. The SMILES string of the molecule is CCC(=O)CCC(=O)CC(C1CCCOC1=O)C1CCCOC1=O. The van der Waals surface area contributed by atoms with Gasteiger partial charge in [-0.05, 0) is 31.6 Å². The van der Waals surface area contributed by atoms with Gasteiger partial charge in [-0.1, -0.05) is 6.92 Å². The number of Topliss-reactive ketones (excluding diaryl/α,β-unsaturated/α-hetero) is 2. The van der Waals surface area contributed by atoms with Gasteiger partial charge in [-0.2, -0.15) is 0 Å². The summed E-state index contributed by atoms with van der Waals surface area (Å²) < 4.78 is 10.3. The van der Waals surface area contributed by atoms with Gasteiger partial charge < -0.3 is 9.47 Å². The van der Waals surface area contributed by atoms with Crippen LogP contribution in [0.5, 0.6) is 0 Å². The molecule has 0 spiro atoms. The fraction of sp³-hybridized carbons (Fsp3) is 0.778. The van der Waals surface area contributed by atoms with E-state index in [9.17, 15) is 19.2 Å². The van der Waals surface area contributed by atoms with Crippen molar-refractivity contribution in [2.75, 3.05) is 13.2 Å². The molecule has 0 bridgehead atoms. The Labute approximate surface area is 142 Å². The Morgan fingerprint density at radius 3 is 1.92 bits per heavy atom. The van der Waals surface area contributed by atoms with Crippen molar-refractivity contribution in [2.24, 2.45) is 17.8 Å². The van der Waals surface area contributed by atoms with Crippen molar-refractivity contribution < 1.29 is 28.7 Å². The van der Waals surface area contributed by atoms with Crippen molar-refractivity contribution in [2.45, 2.75) is 58.3 Å². The second kappa shape index (κ2) is 8.94. The lowest BCUT2D eigenvalue weighted by atomic mass is 9.73. The first-order chi connectivity index (χ1) is 11.5. The Balaban J connectivity index is 2.06. The molecule has 0 aromatic carbocycles. The molecule has 2 rings (SSSR count). The highest BCUT2D eigenvalue weighted by molar-refractivity contribution is 5.87. The topological polar surface area (TPSA) is 86.7 Å². The first-order valence-electron chi connectivity index (χ1n) is 8.89. The lowest BCUT2D eigenvalue weighted by Gasteiger charge is -2.34. The number of ether oxygens (including phenoxy) is 2. The third-order valence-electron chi connectivity index (χ3n) is 4.99. The number of carbonyl (C=O) groups is 4. The summed E-state index contributed by atoms with van der Waals surface area (Å²) in [6, 6.07) is 0. The van der Waals surface area contributed by atoms with Gasteiger partial charge in [0.2, 0.25) is 0 Å². The molecule has 134 valence electrons. The molecule has 2 atom stereocenters. The first kappa shape index (κ1) is 18.6. The molecule has 0 saturated carbocycles. The molecule has 2 aliphatic rings. The van der Waals surface area contributed by atoms with E-state index in [4.69, 9.17) is 9.47 Å². The normalized spacial score (nSPS) is 25.5. The summed E-state index contributed by atoms with van der Waals surface area (Å²) in [5, 5.41) is 0. The molecule has 2 fully saturated rings. The summed E-state index contributed by atoms with van der Waals surface area (Å²) in [5.74, 6) is -1.90. The van der Waals surface area contributed by atoms with Crippen LogP contribution in [0.3, 0.4) is 0 Å². The molecule has 24 heavy (non-hydrogen) atoms. The maximum absolute atomic E-state index is 12.3. The molecule has 0 radical (unpaired) electrons. The van der Waals surface area contributed by atoms with Gasteiger partial charge in [-0.3, -0.25) is 19.2 Å². The van der Waals surface area contributed by atoms with Crippen LogP contribution < -0.4 is 0 Å². The lowest BCUT2D eigenvalue weighted by molar-refractivity contribution is -0.163. The Kier molecular flexibility index (Phi) is 6.94. The Morgan fingerprint density at radius 2 is 1.46 bits per heavy atom. The van der Waals surface area contributed by atoms with Crippen molar-refractivity contribution >= 4 is 23.5 Å². The van der Waals surface area contributed by atoms with E-state index in [1.807, 2.05) is 0 Å². The van der Waals surface area contributed by atoms with E-state index in [0.717, 1.165) is 12.8 Å². The van der Waals surface area contributed by atoms with Crippen LogP contribution in [0, 0.1) is 17.8 Å². The highest BCUT2D eigenvalue weighted by atomic mass is 16.5. The van der Waals surface area contributed by atoms with Gasteiger partial charge in [0.05, 0.1) is 25.0 Å². The van der Waals surface area contributed by atoms with Gasteiger partial charge in [0.1, 0.15) is 11.6 Å². The van der Waals surface area contributed by atoms with Crippen LogP contribution in [0.1, 0.15) is 58.3 Å². The van der Waals surface area contributed by atoms with Crippen LogP contribution in [-0.2, 0) is 28.7 Å². The summed E-state index contributed by atoms with van der Waals surface area (Å²) in [7, 11) is 0. The number of rotatable bonds is 8. The summed E-state index contributed by atoms with van der Waals surface area (Å²) in [6.07, 6.45) is 3.72. The molecule has 2 heterocycles. The van der Waals surface area contributed by atoms with E-state index in [2.05, 4.69) is 0 Å². The summed E-state index contributed by atoms with van der Waals surface area (Å²) in [4.78, 5) is 48.0. The molecule has 2 unspecified atom stereocenters. The molecule has 6 heteroatoms. The molecular formula is C18H26O6. The third-order valence-corrected chi connectivity index (χ3v) is 4.99. The molecule has 0 N–H and O–H groups in total. The van der Waals surface area contributed by atoms with E-state index in [1.165, 1.54) is 0 Å². The molecule has 0 aliphatic carbocycles. The van der Waals surface area contributed by atoms with E-state index < -0.39 is 11.8 Å². The van der Waals surface area contributed by atoms with Crippen molar-refractivity contribution in [3.63, 3.8) is 0 Å². The average Bonchev–Trinajstić information content (AvgIpc) is 2.59. The highest BCUT2D eigenvalue weighted by Crippen LogP contribution is 2.36. The molecule has 0 aromatic rings. The van der Waals surface area contributed by atoms with Crippen LogP contribution in [0.15, 0.2) is 0 Å². The molecule has 0 aromatic heterocycles. The Bertz CT molecular complexity index is 470. The Morgan fingerprint density at radius 1 is 0.958 bits per heavy atom. The van der Waals surface area contributed by atoms with Crippen LogP contribution in [0.25, 0.3) is 0 Å². The number of carbonyl (C=O) groups excluding carboxylic acids is 4. The van der Waals surface area contributed by atoms with E-state index in [0.29, 0.717) is 32.5 Å². The fourth-order valence-corrected chi connectivity index (χ4v) is 3.57. The van der Waals surface area contributed by atoms with Crippen LogP contribution in [0.4, 0.5) is 0 Å². The number of hydrogen-bond donors (Lipinski definition) is 0. The second-order valence-corrected chi connectivity index (χ2v) is 6.63. The smallest absolute Gasteiger partial charge is 0.309 e. The maximum atomic E-state index is 12.3. The predicted molar refractivity (Wildman–Crippen MR) is 85.0 cm³/mol. The first-order valence-corrected chi connectivity index (χ1v) is 8.89. The Hall–Kier alpha value is -1.72. The van der Waals surface area contributed by atoms with Crippen LogP contribution in [-0.4, -0.2) is 36.7 Å². The third kappa shape index (κ3) is 4.89. The van der Waals surface area contributed by atoms with Crippen molar-refractivity contribution in [3.05, 3.63) is 0 Å². The number of esters is 2. The van der Waals surface area contributed by atoms with E-state index >= 15 is 0 Å². The predicted octanol–water partition coefficient (Wildman–Crippen LogP) is 2.23. The minimum absolute atomic E-state index is 0.0500. The monoisotopic (exact) mass is 338 g/mol. The molecule has 0 amide bonds. The minimum Gasteiger partial charge on any atom is -0.465 e. The van der Waals surface area contributed by atoms with Crippen molar-refractivity contribution in [1.29, 1.82) is 0 Å². The van der Waals surface area contributed by atoms with Crippen molar-refractivity contribution in [3.8, 4) is 0 Å². The zero-order chi connectivity index (χ0) is 17.5. The van der Waals surface area contributed by atoms with Gasteiger partial charge in [-0.25, -0.2) is 0 Å². The van der Waals surface area contributed by atoms with Gasteiger partial charge in [-0.15, -0.1) is 0 Å². The molecule has 2 aliphatic heterocycles. The molecule has 6 nitrogen and oxygen atoms in total. The lowest BCUT2D eigenvalue weighted by Crippen LogP contribution is -2.40. The average molecular weight is 338 g/mol. The molecule has 2 saturated heterocycles. The zero-order valence-electron chi connectivity index (χ0n) is 14.3. The summed E-state index contributed by atoms with van der Waals surface area (Å²) in [6.45, 7) is 2.57. The maximum Gasteiger partial charge on any atom is 0.309 e. The summed E-state index contributed by atoms with van der Waals surface area (Å²) in [5.41, 5.74) is 0. The molecular weight excluding hydrogens is 312 g/mol. The van der Waals surface area contributed by atoms with E-state index in [-0.39, 0.29) is 48.7 Å². The minimum atomic E-state index is -0.430. The van der Waals surface area contributed by atoms with Gasteiger partial charge in [0, 0.05) is 25.7 Å². The summed E-state index contributed by atoms with van der Waals surface area (Å²) >= 11 is 0. The second-order valence-electron chi connectivity index (χ2n) is 6.63. The largest absolute Gasteiger partial charge is 0.465 e. The van der Waals surface area contributed by atoms with Crippen LogP contribution in [0.2, 0.25) is 0 Å². The fourth-order valence-electron chi connectivity index (χ4n) is 3.57. The quantitative estimate of drug-likeness (QED) is 0.631. The standard InChI is InChI=1S/C18H26O6/c1-2-12(19)7-8-13(20)11-16(14-5-3-9-23-17(14)21)15-6-4-10-24-18(15)22/h14-16H,2-11H2,1H3. The van der Waals surface area contributed by atoms with Gasteiger partial charge in [0.15, 0.2) is 0 Å². The van der Waals surface area contributed by atoms with Crippen molar-refractivity contribution in [1.82, 2.24) is 0 Å². The van der Waals surface area contributed by atoms with Crippen LogP contribution >= 0.6 is 0 Å². The van der Waals surface area contributed by atoms with E-state index in [1.54, 1.807) is 6.92 Å². The van der Waals surface area contributed by atoms with Gasteiger partial charge in [0.25, 0.3) is 0 Å². The van der Waals surface area contributed by atoms with Gasteiger partial charge >= 0.3 is 11.9 Å². The zero-order valence-corrected chi connectivity index (χ0v) is 14.3. The number of cyclic esters (lactones) is 2. The number of hydrogen-bond acceptors (Lipinski definition) is 6.